The molecule has 0 saturated carbocycles. The van der Waals surface area contributed by atoms with Gasteiger partial charge in [0.05, 0.1) is 0 Å². The lowest BCUT2D eigenvalue weighted by Gasteiger charge is -2.24. The average molecular weight is 238 g/mol. The van der Waals surface area contributed by atoms with Gasteiger partial charge in [0.15, 0.2) is 0 Å². The van der Waals surface area contributed by atoms with Crippen LogP contribution in [0, 0.1) is 5.41 Å². The zero-order chi connectivity index (χ0) is 11.0. The maximum Gasteiger partial charge on any atom is 0.0223 e. The first kappa shape index (κ1) is 14.3. The van der Waals surface area contributed by atoms with Gasteiger partial charge in [-0.1, -0.05) is 25.4 Å². The van der Waals surface area contributed by atoms with Crippen LogP contribution in [0.4, 0.5) is 0 Å². The molecule has 1 nitrogen and oxygen atoms in total. The van der Waals surface area contributed by atoms with Crippen LogP contribution in [0.15, 0.2) is 11.1 Å². The fourth-order valence-electron chi connectivity index (χ4n) is 1.27. The SMILES string of the molecule is CC(=CCl)CNCC(C)(C)CCCCl. The maximum absolute atomic E-state index is 5.67. The molecule has 0 aliphatic rings. The number of alkyl halides is 1. The molecule has 0 saturated heterocycles. The molecule has 0 aromatic heterocycles. The Hall–Kier alpha value is 0.280. The summed E-state index contributed by atoms with van der Waals surface area (Å²) in [5, 5.41) is 3.39. The fraction of sp³-hybridized carbons (Fsp3) is 0.818. The van der Waals surface area contributed by atoms with Crippen LogP contribution in [-0.4, -0.2) is 19.0 Å². The molecule has 0 amide bonds. The summed E-state index contributed by atoms with van der Waals surface area (Å²) in [6.07, 6.45) is 2.24. The lowest BCUT2D eigenvalue weighted by Crippen LogP contribution is -2.30. The van der Waals surface area contributed by atoms with Crippen molar-refractivity contribution in [2.24, 2.45) is 5.41 Å². The molecule has 1 N–H and O–H groups in total. The third-order valence-electron chi connectivity index (χ3n) is 2.18. The number of hydrogen-bond acceptors (Lipinski definition) is 1. The fourth-order valence-corrected chi connectivity index (χ4v) is 1.48. The zero-order valence-electron chi connectivity index (χ0n) is 9.37. The molecular formula is C11H21Cl2N. The van der Waals surface area contributed by atoms with Crippen molar-refractivity contribution in [1.29, 1.82) is 0 Å². The molecule has 0 aromatic rings. The van der Waals surface area contributed by atoms with Crippen LogP contribution >= 0.6 is 23.2 Å². The summed E-state index contributed by atoms with van der Waals surface area (Å²) < 4.78 is 0. The smallest absolute Gasteiger partial charge is 0.0223 e. The zero-order valence-corrected chi connectivity index (χ0v) is 10.9. The lowest BCUT2D eigenvalue weighted by molar-refractivity contribution is 0.316. The van der Waals surface area contributed by atoms with Gasteiger partial charge in [-0.3, -0.25) is 0 Å². The van der Waals surface area contributed by atoms with E-state index in [1.165, 1.54) is 5.57 Å². The molecule has 0 bridgehead atoms. The quantitative estimate of drug-likeness (QED) is 0.666. The van der Waals surface area contributed by atoms with Gasteiger partial charge in [-0.05, 0) is 30.8 Å². The van der Waals surface area contributed by atoms with Crippen LogP contribution in [0.1, 0.15) is 33.6 Å². The van der Waals surface area contributed by atoms with Gasteiger partial charge >= 0.3 is 0 Å². The van der Waals surface area contributed by atoms with Crippen molar-refractivity contribution in [1.82, 2.24) is 5.32 Å². The van der Waals surface area contributed by atoms with E-state index >= 15 is 0 Å². The highest BCUT2D eigenvalue weighted by Crippen LogP contribution is 2.21. The second kappa shape index (κ2) is 7.56. The van der Waals surface area contributed by atoms with Gasteiger partial charge in [0.25, 0.3) is 0 Å². The largest absolute Gasteiger partial charge is 0.312 e. The van der Waals surface area contributed by atoms with Gasteiger partial charge in [-0.15, -0.1) is 11.6 Å². The van der Waals surface area contributed by atoms with Crippen LogP contribution in [0.25, 0.3) is 0 Å². The molecule has 0 aromatic carbocycles. The summed E-state index contributed by atoms with van der Waals surface area (Å²) in [4.78, 5) is 0. The Bertz CT molecular complexity index is 176. The second-order valence-electron chi connectivity index (χ2n) is 4.52. The Morgan fingerprint density at radius 2 is 2.07 bits per heavy atom. The topological polar surface area (TPSA) is 12.0 Å². The van der Waals surface area contributed by atoms with Crippen molar-refractivity contribution in [3.63, 3.8) is 0 Å². The van der Waals surface area contributed by atoms with Crippen molar-refractivity contribution in [3.05, 3.63) is 11.1 Å². The minimum atomic E-state index is 0.321. The first-order valence-electron chi connectivity index (χ1n) is 5.04. The third-order valence-corrected chi connectivity index (χ3v) is 2.82. The van der Waals surface area contributed by atoms with E-state index in [1.807, 2.05) is 6.92 Å². The summed E-state index contributed by atoms with van der Waals surface area (Å²) >= 11 is 11.2. The van der Waals surface area contributed by atoms with Gasteiger partial charge in [-0.25, -0.2) is 0 Å². The molecule has 0 radical (unpaired) electrons. The number of hydrogen-bond donors (Lipinski definition) is 1. The first-order valence-corrected chi connectivity index (χ1v) is 6.01. The average Bonchev–Trinajstić information content (AvgIpc) is 2.14. The molecule has 84 valence electrons. The van der Waals surface area contributed by atoms with E-state index in [-0.39, 0.29) is 0 Å². The van der Waals surface area contributed by atoms with E-state index in [2.05, 4.69) is 19.2 Å². The normalized spacial score (nSPS) is 13.4. The molecule has 3 heteroatoms. The van der Waals surface area contributed by atoms with Crippen LogP contribution < -0.4 is 5.32 Å². The van der Waals surface area contributed by atoms with Crippen LogP contribution in [-0.2, 0) is 0 Å². The Balaban J connectivity index is 3.64. The van der Waals surface area contributed by atoms with Crippen molar-refractivity contribution in [2.45, 2.75) is 33.6 Å². The molecule has 0 rings (SSSR count). The highest BCUT2D eigenvalue weighted by Gasteiger charge is 2.16. The molecule has 0 spiro atoms. The molecule has 0 aliphatic carbocycles. The van der Waals surface area contributed by atoms with Crippen molar-refractivity contribution in [2.75, 3.05) is 19.0 Å². The molecule has 0 fully saturated rings. The van der Waals surface area contributed by atoms with Gasteiger partial charge in [0, 0.05) is 24.5 Å². The van der Waals surface area contributed by atoms with E-state index in [0.717, 1.165) is 31.8 Å². The first-order chi connectivity index (χ1) is 6.52. The molecule has 0 atom stereocenters. The summed E-state index contributed by atoms with van der Waals surface area (Å²) in [5.41, 5.74) is 3.11. The summed E-state index contributed by atoms with van der Waals surface area (Å²) in [6.45, 7) is 8.41. The maximum atomic E-state index is 5.67. The van der Waals surface area contributed by atoms with E-state index in [1.54, 1.807) is 5.54 Å². The number of nitrogens with one attached hydrogen (secondary N) is 1. The van der Waals surface area contributed by atoms with Crippen molar-refractivity contribution >= 4 is 23.2 Å². The molecular weight excluding hydrogens is 217 g/mol. The number of halogens is 2. The van der Waals surface area contributed by atoms with Gasteiger partial charge in [0.1, 0.15) is 0 Å². The van der Waals surface area contributed by atoms with E-state index in [9.17, 15) is 0 Å². The van der Waals surface area contributed by atoms with Crippen molar-refractivity contribution in [3.8, 4) is 0 Å². The Kier molecular flexibility index (Phi) is 7.71. The summed E-state index contributed by atoms with van der Waals surface area (Å²) in [7, 11) is 0. The van der Waals surface area contributed by atoms with Crippen LogP contribution in [0.5, 0.6) is 0 Å². The third kappa shape index (κ3) is 7.66. The highest BCUT2D eigenvalue weighted by molar-refractivity contribution is 6.25. The summed E-state index contributed by atoms with van der Waals surface area (Å²) in [5.74, 6) is 0.754. The molecule has 14 heavy (non-hydrogen) atoms. The van der Waals surface area contributed by atoms with Gasteiger partial charge in [-0.2, -0.15) is 0 Å². The standard InChI is InChI=1S/C11H21Cl2N/c1-10(7-13)8-14-9-11(2,3)5-4-6-12/h7,14H,4-6,8-9H2,1-3H3. The van der Waals surface area contributed by atoms with Crippen LogP contribution in [0.2, 0.25) is 0 Å². The molecule has 0 unspecified atom stereocenters. The summed E-state index contributed by atoms with van der Waals surface area (Å²) in [6, 6.07) is 0. The predicted octanol–water partition coefficient (Wildman–Crippen LogP) is 3.76. The second-order valence-corrected chi connectivity index (χ2v) is 5.11. The lowest BCUT2D eigenvalue weighted by atomic mass is 9.88. The van der Waals surface area contributed by atoms with Crippen molar-refractivity contribution < 1.29 is 0 Å². The van der Waals surface area contributed by atoms with E-state index < -0.39 is 0 Å². The van der Waals surface area contributed by atoms with Crippen LogP contribution in [0.3, 0.4) is 0 Å². The minimum absolute atomic E-state index is 0.321. The predicted molar refractivity (Wildman–Crippen MR) is 66.2 cm³/mol. The Morgan fingerprint density at radius 1 is 1.43 bits per heavy atom. The van der Waals surface area contributed by atoms with E-state index in [4.69, 9.17) is 23.2 Å². The van der Waals surface area contributed by atoms with E-state index in [0.29, 0.717) is 5.41 Å². The Morgan fingerprint density at radius 3 is 2.57 bits per heavy atom. The monoisotopic (exact) mass is 237 g/mol. The number of rotatable bonds is 7. The highest BCUT2D eigenvalue weighted by atomic mass is 35.5. The molecule has 0 aliphatic heterocycles. The molecule has 0 heterocycles. The van der Waals surface area contributed by atoms with Gasteiger partial charge < -0.3 is 5.32 Å². The Labute approximate surface area is 97.9 Å². The van der Waals surface area contributed by atoms with Gasteiger partial charge in [0.2, 0.25) is 0 Å². The minimum Gasteiger partial charge on any atom is -0.312 e.